The van der Waals surface area contributed by atoms with E-state index in [1.807, 2.05) is 29.2 Å². The Kier molecular flexibility index (Phi) is 7.14. The van der Waals surface area contributed by atoms with Crippen molar-refractivity contribution in [3.05, 3.63) is 96.8 Å². The summed E-state index contributed by atoms with van der Waals surface area (Å²) in [6, 6.07) is 12.0. The molecule has 36 heavy (non-hydrogen) atoms. The van der Waals surface area contributed by atoms with Crippen LogP contribution in [0.25, 0.3) is 0 Å². The van der Waals surface area contributed by atoms with Crippen molar-refractivity contribution >= 4 is 29.2 Å². The number of hydrogen-bond acceptors (Lipinski definition) is 8. The SMILES string of the molecule is COC(=O)C1=C(C)NC(C)=C(C(=O)OC(C)N2Cc3ccccc3C2)C1c1cc(Cl)ccc1[N+](=O)[O-]. The summed E-state index contributed by atoms with van der Waals surface area (Å²) in [4.78, 5) is 39.8. The number of allylic oxidation sites excluding steroid dienone is 2. The Bertz CT molecular complexity index is 1290. The summed E-state index contributed by atoms with van der Waals surface area (Å²) in [5.74, 6) is -2.54. The summed E-state index contributed by atoms with van der Waals surface area (Å²) < 4.78 is 10.8. The number of nitro groups is 1. The number of nitrogens with zero attached hydrogens (tertiary/aromatic N) is 2. The van der Waals surface area contributed by atoms with Gasteiger partial charge in [0, 0.05) is 41.1 Å². The van der Waals surface area contributed by atoms with E-state index in [1.165, 1.54) is 25.3 Å². The molecule has 0 fully saturated rings. The summed E-state index contributed by atoms with van der Waals surface area (Å²) in [7, 11) is 1.21. The van der Waals surface area contributed by atoms with Crippen molar-refractivity contribution in [3.63, 3.8) is 0 Å². The molecule has 0 amide bonds. The lowest BCUT2D eigenvalue weighted by molar-refractivity contribution is -0.385. The third-order valence-corrected chi connectivity index (χ3v) is 6.78. The van der Waals surface area contributed by atoms with Crippen LogP contribution in [0.3, 0.4) is 0 Å². The zero-order valence-electron chi connectivity index (χ0n) is 20.3. The fraction of sp³-hybridized carbons (Fsp3) is 0.308. The molecule has 10 heteroatoms. The van der Waals surface area contributed by atoms with Gasteiger partial charge in [-0.2, -0.15) is 0 Å². The topological polar surface area (TPSA) is 111 Å². The average molecular weight is 512 g/mol. The number of nitro benzene ring substituents is 1. The first-order valence-electron chi connectivity index (χ1n) is 11.3. The molecule has 2 aliphatic rings. The molecule has 0 aromatic heterocycles. The number of nitrogens with one attached hydrogen (secondary N) is 1. The van der Waals surface area contributed by atoms with E-state index in [1.54, 1.807) is 20.8 Å². The number of carbonyl (C=O) groups excluding carboxylic acids is 2. The predicted octanol–water partition coefficient (Wildman–Crippen LogP) is 4.56. The minimum atomic E-state index is -1.12. The molecule has 0 bridgehead atoms. The van der Waals surface area contributed by atoms with Crippen LogP contribution in [0.2, 0.25) is 5.02 Å². The van der Waals surface area contributed by atoms with E-state index in [0.717, 1.165) is 11.1 Å². The zero-order valence-corrected chi connectivity index (χ0v) is 21.1. The monoisotopic (exact) mass is 511 g/mol. The summed E-state index contributed by atoms with van der Waals surface area (Å²) in [5, 5.41) is 15.2. The minimum Gasteiger partial charge on any atom is -0.466 e. The Balaban J connectivity index is 1.73. The summed E-state index contributed by atoms with van der Waals surface area (Å²) in [6.45, 7) is 6.32. The van der Waals surface area contributed by atoms with Gasteiger partial charge in [-0.3, -0.25) is 15.0 Å². The van der Waals surface area contributed by atoms with Crippen LogP contribution in [0.4, 0.5) is 5.69 Å². The molecular formula is C26H26ClN3O6. The number of ether oxygens (including phenoxy) is 2. The number of carbonyl (C=O) groups is 2. The standard InChI is InChI=1S/C26H26ClN3O6/c1-14-22(25(31)35-4)24(20-11-19(27)9-10-21(20)30(33)34)23(15(2)28-14)26(32)36-16(3)29-12-17-7-5-6-8-18(17)13-29/h5-11,16,24,28H,12-13H2,1-4H3. The van der Waals surface area contributed by atoms with Gasteiger partial charge in [0.15, 0.2) is 6.23 Å². The first-order chi connectivity index (χ1) is 17.1. The maximum absolute atomic E-state index is 13.6. The van der Waals surface area contributed by atoms with Crippen molar-refractivity contribution < 1.29 is 24.0 Å². The quantitative estimate of drug-likeness (QED) is 0.341. The van der Waals surface area contributed by atoms with Crippen molar-refractivity contribution in [1.29, 1.82) is 0 Å². The Morgan fingerprint density at radius 2 is 1.67 bits per heavy atom. The molecule has 2 heterocycles. The van der Waals surface area contributed by atoms with Crippen LogP contribution in [0.5, 0.6) is 0 Å². The molecule has 2 aliphatic heterocycles. The highest BCUT2D eigenvalue weighted by molar-refractivity contribution is 6.30. The molecule has 2 unspecified atom stereocenters. The van der Waals surface area contributed by atoms with Crippen LogP contribution in [-0.2, 0) is 32.2 Å². The Morgan fingerprint density at radius 3 is 2.22 bits per heavy atom. The van der Waals surface area contributed by atoms with E-state index in [4.69, 9.17) is 21.1 Å². The third-order valence-electron chi connectivity index (χ3n) is 6.54. The molecule has 2 atom stereocenters. The van der Waals surface area contributed by atoms with Gasteiger partial charge < -0.3 is 14.8 Å². The van der Waals surface area contributed by atoms with Gasteiger partial charge in [-0.25, -0.2) is 9.59 Å². The number of benzene rings is 2. The van der Waals surface area contributed by atoms with Gasteiger partial charge in [-0.1, -0.05) is 35.9 Å². The first kappa shape index (κ1) is 25.4. The number of fused-ring (bicyclic) bond motifs is 1. The lowest BCUT2D eigenvalue weighted by Gasteiger charge is -2.31. The summed E-state index contributed by atoms with van der Waals surface area (Å²) in [6.07, 6.45) is -0.589. The van der Waals surface area contributed by atoms with Crippen LogP contribution < -0.4 is 5.32 Å². The lowest BCUT2D eigenvalue weighted by Crippen LogP contribution is -2.37. The maximum Gasteiger partial charge on any atom is 0.338 e. The highest BCUT2D eigenvalue weighted by Crippen LogP contribution is 2.43. The molecule has 2 aromatic carbocycles. The largest absolute Gasteiger partial charge is 0.466 e. The van der Waals surface area contributed by atoms with Crippen LogP contribution in [0.1, 0.15) is 43.4 Å². The average Bonchev–Trinajstić information content (AvgIpc) is 3.27. The van der Waals surface area contributed by atoms with E-state index in [-0.39, 0.29) is 27.4 Å². The van der Waals surface area contributed by atoms with Crippen LogP contribution >= 0.6 is 11.6 Å². The maximum atomic E-state index is 13.6. The highest BCUT2D eigenvalue weighted by Gasteiger charge is 2.41. The van der Waals surface area contributed by atoms with Gasteiger partial charge in [0.2, 0.25) is 0 Å². The number of dihydropyridines is 1. The van der Waals surface area contributed by atoms with E-state index in [9.17, 15) is 19.7 Å². The molecule has 4 rings (SSSR count). The van der Waals surface area contributed by atoms with E-state index in [2.05, 4.69) is 5.32 Å². The number of halogens is 1. The number of hydrogen-bond donors (Lipinski definition) is 1. The van der Waals surface area contributed by atoms with Crippen molar-refractivity contribution in [2.24, 2.45) is 0 Å². The second kappa shape index (κ2) is 10.1. The molecule has 0 saturated carbocycles. The van der Waals surface area contributed by atoms with Gasteiger partial charge in [-0.15, -0.1) is 0 Å². The Morgan fingerprint density at radius 1 is 1.08 bits per heavy atom. The number of esters is 2. The van der Waals surface area contributed by atoms with Crippen LogP contribution in [0.15, 0.2) is 65.0 Å². The van der Waals surface area contributed by atoms with Crippen LogP contribution in [-0.4, -0.2) is 35.1 Å². The first-order valence-corrected chi connectivity index (χ1v) is 11.7. The number of rotatable bonds is 6. The molecule has 188 valence electrons. The van der Waals surface area contributed by atoms with E-state index >= 15 is 0 Å². The Labute approximate surface area is 213 Å². The van der Waals surface area contributed by atoms with Crippen molar-refractivity contribution in [1.82, 2.24) is 10.2 Å². The number of methoxy groups -OCH3 is 1. The second-order valence-electron chi connectivity index (χ2n) is 8.77. The van der Waals surface area contributed by atoms with E-state index in [0.29, 0.717) is 24.5 Å². The second-order valence-corrected chi connectivity index (χ2v) is 9.20. The highest BCUT2D eigenvalue weighted by atomic mass is 35.5. The minimum absolute atomic E-state index is 0.0710. The molecule has 2 aromatic rings. The van der Waals surface area contributed by atoms with Gasteiger partial charge in [0.05, 0.1) is 29.1 Å². The third kappa shape index (κ3) is 4.72. The van der Waals surface area contributed by atoms with Crippen molar-refractivity contribution in [3.8, 4) is 0 Å². The molecule has 1 N–H and O–H groups in total. The molecule has 9 nitrogen and oxygen atoms in total. The fourth-order valence-corrected chi connectivity index (χ4v) is 4.97. The molecule has 0 aliphatic carbocycles. The summed E-state index contributed by atoms with van der Waals surface area (Å²) >= 11 is 6.21. The van der Waals surface area contributed by atoms with Gasteiger partial charge in [0.25, 0.3) is 5.69 Å². The molecule has 0 radical (unpaired) electrons. The molecule has 0 saturated heterocycles. The van der Waals surface area contributed by atoms with Gasteiger partial charge >= 0.3 is 11.9 Å². The van der Waals surface area contributed by atoms with Crippen LogP contribution in [0, 0.1) is 10.1 Å². The molecular weight excluding hydrogens is 486 g/mol. The zero-order chi connectivity index (χ0) is 26.1. The smallest absolute Gasteiger partial charge is 0.338 e. The normalized spacial score (nSPS) is 18.4. The predicted molar refractivity (Wildman–Crippen MR) is 133 cm³/mol. The van der Waals surface area contributed by atoms with Gasteiger partial charge in [0.1, 0.15) is 0 Å². The molecule has 0 spiro atoms. The fourth-order valence-electron chi connectivity index (χ4n) is 4.79. The lowest BCUT2D eigenvalue weighted by atomic mass is 9.79. The van der Waals surface area contributed by atoms with Gasteiger partial charge in [-0.05, 0) is 44.0 Å². The van der Waals surface area contributed by atoms with Crippen molar-refractivity contribution in [2.75, 3.05) is 7.11 Å². The summed E-state index contributed by atoms with van der Waals surface area (Å²) in [5.41, 5.74) is 3.13. The van der Waals surface area contributed by atoms with Crippen molar-refractivity contribution in [2.45, 2.75) is 46.0 Å². The Hall–Kier alpha value is -3.69. The van der Waals surface area contributed by atoms with E-state index < -0.39 is 29.0 Å².